The number of rotatable bonds is 10. The highest BCUT2D eigenvalue weighted by Gasteiger charge is 2.20. The van der Waals surface area contributed by atoms with E-state index in [-0.39, 0.29) is 23.5 Å². The number of hydrogen-bond donors (Lipinski definition) is 2. The maximum Gasteiger partial charge on any atom is 0.251 e. The standard InChI is InChI=1S/C22H35N3O4S/c1-18-6-4-14-25(17-18)13-3-2-12-23-22(26)19-8-10-21(11-9-19)30(27,28)24-16-20-7-5-15-29-20/h8-11,18,20,24H,2-7,12-17H2,1H3,(H,23,26). The summed E-state index contributed by atoms with van der Waals surface area (Å²) in [6, 6.07) is 6.07. The summed E-state index contributed by atoms with van der Waals surface area (Å²) in [6.07, 6.45) is 6.41. The molecule has 0 bridgehead atoms. The van der Waals surface area contributed by atoms with Crippen LogP contribution in [0.1, 0.15) is 55.8 Å². The predicted octanol–water partition coefficient (Wildman–Crippen LogP) is 2.39. The van der Waals surface area contributed by atoms with E-state index in [9.17, 15) is 13.2 Å². The van der Waals surface area contributed by atoms with Gasteiger partial charge in [-0.05, 0) is 81.8 Å². The highest BCUT2D eigenvalue weighted by molar-refractivity contribution is 7.89. The largest absolute Gasteiger partial charge is 0.377 e. The van der Waals surface area contributed by atoms with Crippen LogP contribution >= 0.6 is 0 Å². The quantitative estimate of drug-likeness (QED) is 0.549. The SMILES string of the molecule is CC1CCCN(CCCCNC(=O)c2ccc(S(=O)(=O)NCC3CCCO3)cc2)C1. The van der Waals surface area contributed by atoms with Crippen molar-refractivity contribution in [3.05, 3.63) is 29.8 Å². The summed E-state index contributed by atoms with van der Waals surface area (Å²) in [4.78, 5) is 15.0. The Kier molecular flexibility index (Phi) is 8.68. The Morgan fingerprint density at radius 2 is 1.97 bits per heavy atom. The summed E-state index contributed by atoms with van der Waals surface area (Å²) < 4.78 is 32.8. The van der Waals surface area contributed by atoms with Crippen molar-refractivity contribution in [1.29, 1.82) is 0 Å². The van der Waals surface area contributed by atoms with Gasteiger partial charge in [-0.25, -0.2) is 13.1 Å². The van der Waals surface area contributed by atoms with E-state index >= 15 is 0 Å². The van der Waals surface area contributed by atoms with Crippen LogP contribution in [0.25, 0.3) is 0 Å². The summed E-state index contributed by atoms with van der Waals surface area (Å²) in [6.45, 7) is 7.37. The number of hydrogen-bond acceptors (Lipinski definition) is 5. The molecular formula is C22H35N3O4S. The van der Waals surface area contributed by atoms with Crippen LogP contribution in [-0.2, 0) is 14.8 Å². The number of benzene rings is 1. The molecular weight excluding hydrogens is 402 g/mol. The third-order valence-corrected chi connectivity index (χ3v) is 7.32. The Morgan fingerprint density at radius 3 is 2.67 bits per heavy atom. The number of ether oxygens (including phenoxy) is 1. The monoisotopic (exact) mass is 437 g/mol. The fourth-order valence-electron chi connectivity index (χ4n) is 4.13. The van der Waals surface area contributed by atoms with E-state index in [0.29, 0.717) is 18.7 Å². The minimum atomic E-state index is -3.60. The molecule has 1 aromatic carbocycles. The van der Waals surface area contributed by atoms with Crippen LogP contribution in [0.5, 0.6) is 0 Å². The van der Waals surface area contributed by atoms with Crippen molar-refractivity contribution in [2.45, 2.75) is 56.4 Å². The topological polar surface area (TPSA) is 87.7 Å². The van der Waals surface area contributed by atoms with Gasteiger partial charge in [0.1, 0.15) is 0 Å². The molecule has 2 N–H and O–H groups in total. The van der Waals surface area contributed by atoms with Crippen LogP contribution in [0.3, 0.4) is 0 Å². The van der Waals surface area contributed by atoms with Crippen molar-refractivity contribution in [2.24, 2.45) is 5.92 Å². The lowest BCUT2D eigenvalue weighted by Gasteiger charge is -2.30. The van der Waals surface area contributed by atoms with Crippen LogP contribution in [0.2, 0.25) is 0 Å². The lowest BCUT2D eigenvalue weighted by molar-refractivity contribution is 0.0952. The lowest BCUT2D eigenvalue weighted by Crippen LogP contribution is -2.35. The molecule has 168 valence electrons. The molecule has 3 rings (SSSR count). The van der Waals surface area contributed by atoms with Gasteiger partial charge in [0.05, 0.1) is 11.0 Å². The number of nitrogens with zero attached hydrogens (tertiary/aromatic N) is 1. The van der Waals surface area contributed by atoms with E-state index < -0.39 is 10.0 Å². The first-order chi connectivity index (χ1) is 14.4. The second kappa shape index (κ2) is 11.2. The molecule has 2 unspecified atom stereocenters. The number of nitrogens with one attached hydrogen (secondary N) is 2. The zero-order chi connectivity index (χ0) is 21.4. The molecule has 8 heteroatoms. The van der Waals surface area contributed by atoms with Crippen LogP contribution in [0.15, 0.2) is 29.2 Å². The highest BCUT2D eigenvalue weighted by atomic mass is 32.2. The molecule has 0 saturated carbocycles. The maximum absolute atomic E-state index is 12.4. The molecule has 1 amide bonds. The predicted molar refractivity (Wildman–Crippen MR) is 117 cm³/mol. The van der Waals surface area contributed by atoms with Crippen molar-refractivity contribution in [3.63, 3.8) is 0 Å². The van der Waals surface area contributed by atoms with Crippen molar-refractivity contribution in [3.8, 4) is 0 Å². The average molecular weight is 438 g/mol. The van der Waals surface area contributed by atoms with E-state index in [4.69, 9.17) is 4.74 Å². The number of likely N-dealkylation sites (tertiary alicyclic amines) is 1. The zero-order valence-corrected chi connectivity index (χ0v) is 18.8. The molecule has 2 fully saturated rings. The number of carbonyl (C=O) groups is 1. The average Bonchev–Trinajstić information content (AvgIpc) is 3.26. The number of sulfonamides is 1. The summed E-state index contributed by atoms with van der Waals surface area (Å²) >= 11 is 0. The van der Waals surface area contributed by atoms with Crippen molar-refractivity contribution >= 4 is 15.9 Å². The second-order valence-electron chi connectivity index (χ2n) is 8.52. The van der Waals surface area contributed by atoms with Crippen LogP contribution in [-0.4, -0.2) is 64.7 Å². The Bertz CT molecular complexity index is 776. The molecule has 2 aliphatic rings. The van der Waals surface area contributed by atoms with Gasteiger partial charge in [0.2, 0.25) is 10.0 Å². The first-order valence-electron chi connectivity index (χ1n) is 11.2. The molecule has 2 saturated heterocycles. The van der Waals surface area contributed by atoms with Gasteiger partial charge in [0.25, 0.3) is 5.91 Å². The lowest BCUT2D eigenvalue weighted by atomic mass is 10.0. The number of amides is 1. The molecule has 1 aromatic rings. The van der Waals surface area contributed by atoms with Crippen LogP contribution in [0, 0.1) is 5.92 Å². The van der Waals surface area contributed by atoms with Gasteiger partial charge in [0.15, 0.2) is 0 Å². The van der Waals surface area contributed by atoms with E-state index in [0.717, 1.165) is 38.1 Å². The van der Waals surface area contributed by atoms with Crippen molar-refractivity contribution < 1.29 is 17.9 Å². The van der Waals surface area contributed by atoms with E-state index in [1.165, 1.54) is 38.1 Å². The Labute approximate surface area is 180 Å². The fraction of sp³-hybridized carbons (Fsp3) is 0.682. The number of carbonyl (C=O) groups excluding carboxylic acids is 1. The second-order valence-corrected chi connectivity index (χ2v) is 10.3. The van der Waals surface area contributed by atoms with Gasteiger partial charge < -0.3 is 15.0 Å². The Balaban J connectivity index is 1.37. The fourth-order valence-corrected chi connectivity index (χ4v) is 5.20. The molecule has 0 spiro atoms. The molecule has 30 heavy (non-hydrogen) atoms. The van der Waals surface area contributed by atoms with E-state index in [1.54, 1.807) is 12.1 Å². The van der Waals surface area contributed by atoms with Gasteiger partial charge in [-0.15, -0.1) is 0 Å². The van der Waals surface area contributed by atoms with Crippen LogP contribution < -0.4 is 10.0 Å². The van der Waals surface area contributed by atoms with Crippen LogP contribution in [0.4, 0.5) is 0 Å². The third-order valence-electron chi connectivity index (χ3n) is 5.88. The van der Waals surface area contributed by atoms with Gasteiger partial charge in [-0.1, -0.05) is 6.92 Å². The van der Waals surface area contributed by atoms with E-state index in [1.807, 2.05) is 0 Å². The van der Waals surface area contributed by atoms with Gasteiger partial charge in [-0.3, -0.25) is 4.79 Å². The normalized spacial score (nSPS) is 22.8. The molecule has 0 aromatic heterocycles. The highest BCUT2D eigenvalue weighted by Crippen LogP contribution is 2.16. The third kappa shape index (κ3) is 7.04. The first kappa shape index (κ1) is 23.2. The number of unbranched alkanes of at least 4 members (excludes halogenated alkanes) is 1. The zero-order valence-electron chi connectivity index (χ0n) is 17.9. The smallest absolute Gasteiger partial charge is 0.251 e. The van der Waals surface area contributed by atoms with Gasteiger partial charge >= 0.3 is 0 Å². The summed E-state index contributed by atoms with van der Waals surface area (Å²) in [5.74, 6) is 0.620. The summed E-state index contributed by atoms with van der Waals surface area (Å²) in [5.41, 5.74) is 0.470. The number of piperidine rings is 1. The Morgan fingerprint density at radius 1 is 1.17 bits per heavy atom. The molecule has 2 aliphatic heterocycles. The molecule has 2 atom stereocenters. The molecule has 0 aliphatic carbocycles. The summed E-state index contributed by atoms with van der Waals surface area (Å²) in [5, 5.41) is 2.93. The van der Waals surface area contributed by atoms with Gasteiger partial charge in [-0.2, -0.15) is 0 Å². The van der Waals surface area contributed by atoms with Crippen molar-refractivity contribution in [2.75, 3.05) is 39.3 Å². The van der Waals surface area contributed by atoms with E-state index in [2.05, 4.69) is 21.9 Å². The first-order valence-corrected chi connectivity index (χ1v) is 12.6. The minimum Gasteiger partial charge on any atom is -0.377 e. The van der Waals surface area contributed by atoms with Crippen molar-refractivity contribution in [1.82, 2.24) is 14.9 Å². The molecule has 2 heterocycles. The molecule has 7 nitrogen and oxygen atoms in total. The maximum atomic E-state index is 12.4. The minimum absolute atomic E-state index is 0.0526. The summed E-state index contributed by atoms with van der Waals surface area (Å²) in [7, 11) is -3.60. The molecule has 0 radical (unpaired) electrons. The Hall–Kier alpha value is -1.48. The van der Waals surface area contributed by atoms with Gasteiger partial charge in [0, 0.05) is 31.8 Å².